The topological polar surface area (TPSA) is 31.9 Å². The van der Waals surface area contributed by atoms with Crippen molar-refractivity contribution in [1.82, 2.24) is 15.1 Å². The Morgan fingerprint density at radius 1 is 1.24 bits per heavy atom. The van der Waals surface area contributed by atoms with Gasteiger partial charge >= 0.3 is 0 Å². The van der Waals surface area contributed by atoms with Gasteiger partial charge in [0.25, 0.3) is 0 Å². The normalized spacial score (nSPS) is 18.9. The van der Waals surface area contributed by atoms with Crippen molar-refractivity contribution in [2.45, 2.75) is 19.4 Å². The molecule has 1 N–H and O–H groups in total. The van der Waals surface area contributed by atoms with Crippen LogP contribution in [0.2, 0.25) is 0 Å². The summed E-state index contributed by atoms with van der Waals surface area (Å²) in [6.07, 6.45) is 1.88. The van der Waals surface area contributed by atoms with Gasteiger partial charge in [0.1, 0.15) is 0 Å². The van der Waals surface area contributed by atoms with E-state index in [2.05, 4.69) is 65.5 Å². The third kappa shape index (κ3) is 2.05. The number of hydrogen-bond acceptors (Lipinski definition) is 2. The van der Waals surface area contributed by atoms with Crippen LogP contribution in [0.4, 0.5) is 0 Å². The molecule has 3 heteroatoms. The van der Waals surface area contributed by atoms with Crippen LogP contribution in [0.3, 0.4) is 0 Å². The zero-order valence-electron chi connectivity index (χ0n) is 12.4. The Bertz CT molecular complexity index is 803. The maximum Gasteiger partial charge on any atom is 0.0653 e. The van der Waals surface area contributed by atoms with Crippen molar-refractivity contribution < 1.29 is 0 Å². The fourth-order valence-corrected chi connectivity index (χ4v) is 3.47. The largest absolute Gasteiger partial charge is 0.301 e. The van der Waals surface area contributed by atoms with E-state index in [1.165, 1.54) is 27.6 Å². The number of nitrogens with one attached hydrogen (secondary N) is 1. The molecule has 0 amide bonds. The molecule has 2 aromatic carbocycles. The molecule has 1 aliphatic heterocycles. The van der Waals surface area contributed by atoms with E-state index in [4.69, 9.17) is 0 Å². The van der Waals surface area contributed by atoms with E-state index in [-0.39, 0.29) is 0 Å². The molecule has 0 spiro atoms. The molecule has 106 valence electrons. The highest BCUT2D eigenvalue weighted by Crippen LogP contribution is 2.35. The van der Waals surface area contributed by atoms with Crippen LogP contribution in [0.25, 0.3) is 10.9 Å². The van der Waals surface area contributed by atoms with Crippen molar-refractivity contribution in [2.24, 2.45) is 0 Å². The van der Waals surface area contributed by atoms with Gasteiger partial charge in [0.15, 0.2) is 0 Å². The molecule has 0 fully saturated rings. The third-order valence-corrected chi connectivity index (χ3v) is 4.61. The standard InChI is InChI=1S/C18H19N3/c1-12-4-3-5-15-16(12)10-21(2)11-17(15)13-6-7-14-9-19-20-18(14)8-13/h3-9,17H,10-11H2,1-2H3,(H,19,20). The molecule has 1 aromatic heterocycles. The molecule has 0 radical (unpaired) electrons. The predicted molar refractivity (Wildman–Crippen MR) is 85.4 cm³/mol. The Kier molecular flexibility index (Phi) is 2.82. The fraction of sp³-hybridized carbons (Fsp3) is 0.278. The number of rotatable bonds is 1. The quantitative estimate of drug-likeness (QED) is 0.739. The Morgan fingerprint density at radius 3 is 3.05 bits per heavy atom. The van der Waals surface area contributed by atoms with Crippen LogP contribution < -0.4 is 0 Å². The van der Waals surface area contributed by atoms with E-state index < -0.39 is 0 Å². The summed E-state index contributed by atoms with van der Waals surface area (Å²) in [6, 6.07) is 13.3. The molecule has 3 aromatic rings. The average molecular weight is 277 g/mol. The van der Waals surface area contributed by atoms with E-state index in [9.17, 15) is 0 Å². The number of aromatic nitrogens is 2. The molecule has 0 saturated heterocycles. The van der Waals surface area contributed by atoms with Gasteiger partial charge < -0.3 is 4.90 Å². The van der Waals surface area contributed by atoms with Crippen LogP contribution in [0.15, 0.2) is 42.6 Å². The Hall–Kier alpha value is -2.13. The lowest BCUT2D eigenvalue weighted by Gasteiger charge is -2.33. The highest BCUT2D eigenvalue weighted by molar-refractivity contribution is 5.78. The van der Waals surface area contributed by atoms with Crippen LogP contribution in [0.1, 0.15) is 28.2 Å². The molecule has 0 bridgehead atoms. The maximum atomic E-state index is 4.13. The van der Waals surface area contributed by atoms with Crippen molar-refractivity contribution in [3.63, 3.8) is 0 Å². The first-order valence-electron chi connectivity index (χ1n) is 7.42. The zero-order chi connectivity index (χ0) is 14.4. The SMILES string of the molecule is Cc1cccc2c1CN(C)CC2c1ccc2cn[nH]c2c1. The lowest BCUT2D eigenvalue weighted by Crippen LogP contribution is -2.31. The molecule has 2 heterocycles. The number of hydrogen-bond donors (Lipinski definition) is 1. The first-order chi connectivity index (χ1) is 10.2. The third-order valence-electron chi connectivity index (χ3n) is 4.61. The number of fused-ring (bicyclic) bond motifs is 2. The summed E-state index contributed by atoms with van der Waals surface area (Å²) in [5.41, 5.74) is 6.85. The van der Waals surface area contributed by atoms with Gasteiger partial charge in [-0.1, -0.05) is 30.3 Å². The van der Waals surface area contributed by atoms with E-state index >= 15 is 0 Å². The Balaban J connectivity index is 1.86. The predicted octanol–water partition coefficient (Wildman–Crippen LogP) is 3.45. The van der Waals surface area contributed by atoms with Crippen LogP contribution in [0, 0.1) is 6.92 Å². The minimum atomic E-state index is 0.436. The highest BCUT2D eigenvalue weighted by atomic mass is 15.1. The minimum Gasteiger partial charge on any atom is -0.301 e. The molecule has 0 saturated carbocycles. The monoisotopic (exact) mass is 277 g/mol. The van der Waals surface area contributed by atoms with Crippen molar-refractivity contribution in [3.05, 3.63) is 64.8 Å². The van der Waals surface area contributed by atoms with Gasteiger partial charge in [-0.15, -0.1) is 0 Å². The van der Waals surface area contributed by atoms with E-state index in [0.717, 1.165) is 18.6 Å². The van der Waals surface area contributed by atoms with Crippen molar-refractivity contribution in [1.29, 1.82) is 0 Å². The second-order valence-corrected chi connectivity index (χ2v) is 6.11. The molecule has 1 aliphatic rings. The van der Waals surface area contributed by atoms with Crippen LogP contribution in [-0.4, -0.2) is 28.7 Å². The van der Waals surface area contributed by atoms with Crippen LogP contribution >= 0.6 is 0 Å². The van der Waals surface area contributed by atoms with Crippen molar-refractivity contribution >= 4 is 10.9 Å². The molecule has 1 atom stereocenters. The first kappa shape index (κ1) is 12.6. The Labute approximate surface area is 124 Å². The van der Waals surface area contributed by atoms with Gasteiger partial charge in [0.2, 0.25) is 0 Å². The first-order valence-corrected chi connectivity index (χ1v) is 7.42. The molecule has 4 rings (SSSR count). The number of aryl methyl sites for hydroxylation is 1. The summed E-state index contributed by atoms with van der Waals surface area (Å²) >= 11 is 0. The molecule has 0 aliphatic carbocycles. The zero-order valence-corrected chi connectivity index (χ0v) is 12.4. The number of aromatic amines is 1. The molecule has 1 unspecified atom stereocenters. The van der Waals surface area contributed by atoms with E-state index in [1.54, 1.807) is 0 Å². The van der Waals surface area contributed by atoms with E-state index in [1.807, 2.05) is 6.20 Å². The second-order valence-electron chi connectivity index (χ2n) is 6.11. The maximum absolute atomic E-state index is 4.13. The van der Waals surface area contributed by atoms with Gasteiger partial charge in [0, 0.05) is 24.4 Å². The number of benzene rings is 2. The van der Waals surface area contributed by atoms with Gasteiger partial charge in [-0.05, 0) is 42.3 Å². The van der Waals surface area contributed by atoms with E-state index in [0.29, 0.717) is 5.92 Å². The van der Waals surface area contributed by atoms with Gasteiger partial charge in [-0.3, -0.25) is 5.10 Å². The molecule has 3 nitrogen and oxygen atoms in total. The lowest BCUT2D eigenvalue weighted by atomic mass is 9.83. The van der Waals surface area contributed by atoms with Gasteiger partial charge in [0.05, 0.1) is 11.7 Å². The summed E-state index contributed by atoms with van der Waals surface area (Å²) in [7, 11) is 2.21. The minimum absolute atomic E-state index is 0.436. The molecular formula is C18H19N3. The summed E-state index contributed by atoms with van der Waals surface area (Å²) < 4.78 is 0. The number of H-pyrrole nitrogens is 1. The van der Waals surface area contributed by atoms with Gasteiger partial charge in [-0.2, -0.15) is 5.10 Å². The average Bonchev–Trinajstić information content (AvgIpc) is 2.95. The van der Waals surface area contributed by atoms with Crippen molar-refractivity contribution in [3.8, 4) is 0 Å². The number of likely N-dealkylation sites (N-methyl/N-ethyl adjacent to an activating group) is 1. The summed E-state index contributed by atoms with van der Waals surface area (Å²) in [4.78, 5) is 2.41. The Morgan fingerprint density at radius 2 is 2.14 bits per heavy atom. The smallest absolute Gasteiger partial charge is 0.0653 e. The fourth-order valence-electron chi connectivity index (χ4n) is 3.47. The summed E-state index contributed by atoms with van der Waals surface area (Å²) in [5, 5.41) is 8.38. The number of nitrogens with zero attached hydrogens (tertiary/aromatic N) is 2. The lowest BCUT2D eigenvalue weighted by molar-refractivity contribution is 0.294. The van der Waals surface area contributed by atoms with Gasteiger partial charge in [-0.25, -0.2) is 0 Å². The van der Waals surface area contributed by atoms with Crippen molar-refractivity contribution in [2.75, 3.05) is 13.6 Å². The van der Waals surface area contributed by atoms with Crippen LogP contribution in [0.5, 0.6) is 0 Å². The van der Waals surface area contributed by atoms with Crippen LogP contribution in [-0.2, 0) is 6.54 Å². The highest BCUT2D eigenvalue weighted by Gasteiger charge is 2.25. The second kappa shape index (κ2) is 4.71. The summed E-state index contributed by atoms with van der Waals surface area (Å²) in [6.45, 7) is 4.33. The molecule has 21 heavy (non-hydrogen) atoms. The molecular weight excluding hydrogens is 258 g/mol. The summed E-state index contributed by atoms with van der Waals surface area (Å²) in [5.74, 6) is 0.436.